The van der Waals surface area contributed by atoms with Gasteiger partial charge in [0.25, 0.3) is 0 Å². The fourth-order valence-corrected chi connectivity index (χ4v) is 4.91. The molecule has 9 nitrogen and oxygen atoms in total. The van der Waals surface area contributed by atoms with Gasteiger partial charge in [0.15, 0.2) is 11.5 Å². The molecule has 0 radical (unpaired) electrons. The van der Waals surface area contributed by atoms with Gasteiger partial charge < -0.3 is 15.4 Å². The number of aromatic nitrogens is 7. The molecule has 0 bridgehead atoms. The van der Waals surface area contributed by atoms with Crippen molar-refractivity contribution in [2.75, 3.05) is 5.32 Å². The van der Waals surface area contributed by atoms with E-state index in [9.17, 15) is 5.11 Å². The van der Waals surface area contributed by atoms with Gasteiger partial charge in [-0.15, -0.1) is 11.3 Å². The number of anilines is 1. The van der Waals surface area contributed by atoms with Crippen LogP contribution in [0.5, 0.6) is 0 Å². The molecule has 0 aliphatic heterocycles. The van der Waals surface area contributed by atoms with Gasteiger partial charge in [-0.3, -0.25) is 15.1 Å². The molecule has 0 saturated carbocycles. The molecule has 1 unspecified atom stereocenters. The van der Waals surface area contributed by atoms with Crippen molar-refractivity contribution >= 4 is 39.1 Å². The van der Waals surface area contributed by atoms with E-state index >= 15 is 0 Å². The Hall–Kier alpha value is -4.15. The molecule has 0 amide bonds. The van der Waals surface area contributed by atoms with Crippen molar-refractivity contribution in [1.29, 1.82) is 0 Å². The number of aliphatic hydroxyl groups is 1. The lowest BCUT2D eigenvalue weighted by molar-refractivity contribution is 0.153. The first-order valence-electron chi connectivity index (χ1n) is 11.6. The number of nitrogens with one attached hydrogen (secondary N) is 3. The maximum absolute atomic E-state index is 10.2. The summed E-state index contributed by atoms with van der Waals surface area (Å²) in [6.45, 7) is 5.98. The number of pyridine rings is 3. The van der Waals surface area contributed by atoms with Crippen LogP contribution in [0.1, 0.15) is 18.7 Å². The lowest BCUT2D eigenvalue weighted by Crippen LogP contribution is -2.24. The number of hydrogen-bond donors (Lipinski definition) is 4. The molecule has 6 aromatic rings. The summed E-state index contributed by atoms with van der Waals surface area (Å²) in [5.41, 5.74) is 6.42. The number of aryl methyl sites for hydroxylation is 1. The molecule has 6 heterocycles. The summed E-state index contributed by atoms with van der Waals surface area (Å²) in [6.07, 6.45) is 6.38. The Morgan fingerprint density at radius 1 is 1.03 bits per heavy atom. The van der Waals surface area contributed by atoms with E-state index in [1.54, 1.807) is 36.1 Å². The second-order valence-electron chi connectivity index (χ2n) is 9.04. The number of rotatable bonds is 6. The first-order valence-corrected chi connectivity index (χ1v) is 12.4. The molecular formula is C26H24N8OS. The molecule has 6 rings (SSSR count). The van der Waals surface area contributed by atoms with Gasteiger partial charge in [-0.1, -0.05) is 13.8 Å². The molecule has 0 spiro atoms. The molecule has 0 aliphatic rings. The maximum atomic E-state index is 10.2. The standard InChI is InChI=1S/C26H24N8OS/c1-13(2)26(35)30-17-8-15(10-27-12-17)16-9-18-21(33-34-24(18)29-11-16)25-31-19-6-7-28-23(22(19)32-25)20-5-4-14(3)36-20/h4-13,26,30,35H,1-3H3,(H,31,32)(H,29,33,34). The molecule has 0 fully saturated rings. The fraction of sp³-hybridized carbons (Fsp3) is 0.192. The normalized spacial score (nSPS) is 12.6. The largest absolute Gasteiger partial charge is 0.374 e. The van der Waals surface area contributed by atoms with E-state index in [2.05, 4.69) is 54.5 Å². The molecule has 36 heavy (non-hydrogen) atoms. The van der Waals surface area contributed by atoms with Gasteiger partial charge in [0.1, 0.15) is 23.1 Å². The van der Waals surface area contributed by atoms with Crippen molar-refractivity contribution in [3.8, 4) is 33.2 Å². The van der Waals surface area contributed by atoms with Crippen molar-refractivity contribution in [2.24, 2.45) is 5.92 Å². The summed E-state index contributed by atoms with van der Waals surface area (Å²) in [7, 11) is 0. The van der Waals surface area contributed by atoms with E-state index in [-0.39, 0.29) is 5.92 Å². The highest BCUT2D eigenvalue weighted by atomic mass is 32.1. The van der Waals surface area contributed by atoms with Gasteiger partial charge in [-0.05, 0) is 43.2 Å². The van der Waals surface area contributed by atoms with E-state index in [1.165, 1.54) is 4.88 Å². The van der Waals surface area contributed by atoms with Gasteiger partial charge in [0, 0.05) is 34.6 Å². The summed E-state index contributed by atoms with van der Waals surface area (Å²) in [4.78, 5) is 24.1. The molecule has 0 aromatic carbocycles. The highest BCUT2D eigenvalue weighted by Gasteiger charge is 2.17. The van der Waals surface area contributed by atoms with E-state index < -0.39 is 6.23 Å². The van der Waals surface area contributed by atoms with Crippen LogP contribution in [0, 0.1) is 12.8 Å². The first kappa shape index (κ1) is 22.3. The van der Waals surface area contributed by atoms with Crippen molar-refractivity contribution in [1.82, 2.24) is 35.1 Å². The van der Waals surface area contributed by atoms with Gasteiger partial charge in [-0.25, -0.2) is 9.97 Å². The number of aliphatic hydroxyl groups excluding tert-OH is 1. The molecular weight excluding hydrogens is 472 g/mol. The average molecular weight is 497 g/mol. The minimum atomic E-state index is -0.659. The SMILES string of the molecule is Cc1ccc(-c2nccc3[nH]c(-c4[nH]nc5ncc(-c6cncc(NC(O)C(C)C)c6)cc45)nc23)s1. The summed E-state index contributed by atoms with van der Waals surface area (Å²) in [5.74, 6) is 0.742. The second kappa shape index (κ2) is 8.81. The van der Waals surface area contributed by atoms with E-state index in [0.29, 0.717) is 11.5 Å². The Kier molecular flexibility index (Phi) is 5.46. The van der Waals surface area contributed by atoms with Crippen LogP contribution in [0.15, 0.2) is 55.1 Å². The van der Waals surface area contributed by atoms with E-state index in [0.717, 1.165) is 49.5 Å². The summed E-state index contributed by atoms with van der Waals surface area (Å²) in [6, 6.07) is 10.1. The average Bonchev–Trinajstić information content (AvgIpc) is 3.61. The van der Waals surface area contributed by atoms with Crippen LogP contribution in [-0.2, 0) is 0 Å². The monoisotopic (exact) mass is 496 g/mol. The zero-order valence-corrected chi connectivity index (χ0v) is 20.8. The third-order valence-corrected chi connectivity index (χ3v) is 7.05. The zero-order chi connectivity index (χ0) is 24.8. The van der Waals surface area contributed by atoms with E-state index in [4.69, 9.17) is 4.98 Å². The van der Waals surface area contributed by atoms with Gasteiger partial charge in [0.05, 0.1) is 27.7 Å². The minimum Gasteiger partial charge on any atom is -0.374 e. The summed E-state index contributed by atoms with van der Waals surface area (Å²) >= 11 is 1.70. The van der Waals surface area contributed by atoms with Crippen molar-refractivity contribution in [2.45, 2.75) is 27.0 Å². The fourth-order valence-electron chi connectivity index (χ4n) is 4.05. The molecule has 180 valence electrons. The number of aromatic amines is 2. The van der Waals surface area contributed by atoms with Crippen LogP contribution in [0.25, 0.3) is 55.3 Å². The number of fused-ring (bicyclic) bond motifs is 2. The zero-order valence-electron chi connectivity index (χ0n) is 19.9. The Bertz CT molecular complexity index is 1700. The highest BCUT2D eigenvalue weighted by Crippen LogP contribution is 2.34. The predicted molar refractivity (Wildman–Crippen MR) is 143 cm³/mol. The third kappa shape index (κ3) is 4.00. The number of H-pyrrole nitrogens is 2. The van der Waals surface area contributed by atoms with Crippen molar-refractivity contribution in [3.63, 3.8) is 0 Å². The smallest absolute Gasteiger partial charge is 0.181 e. The van der Waals surface area contributed by atoms with Gasteiger partial charge in [0.2, 0.25) is 0 Å². The summed E-state index contributed by atoms with van der Waals surface area (Å²) in [5, 5.41) is 21.6. The maximum Gasteiger partial charge on any atom is 0.181 e. The third-order valence-electron chi connectivity index (χ3n) is 6.04. The molecule has 4 N–H and O–H groups in total. The molecule has 0 saturated heterocycles. The molecule has 1 atom stereocenters. The van der Waals surface area contributed by atoms with Gasteiger partial charge in [-0.2, -0.15) is 5.10 Å². The van der Waals surface area contributed by atoms with Crippen LogP contribution in [-0.4, -0.2) is 46.5 Å². The second-order valence-corrected chi connectivity index (χ2v) is 10.3. The number of hydrogen-bond acceptors (Lipinski definition) is 8. The van der Waals surface area contributed by atoms with Crippen LogP contribution < -0.4 is 5.32 Å². The quantitative estimate of drug-likeness (QED) is 0.228. The van der Waals surface area contributed by atoms with Gasteiger partial charge >= 0.3 is 0 Å². The number of nitrogens with zero attached hydrogens (tertiary/aromatic N) is 5. The Morgan fingerprint density at radius 3 is 2.69 bits per heavy atom. The Labute approximate surface area is 210 Å². The lowest BCUT2D eigenvalue weighted by atomic mass is 10.1. The van der Waals surface area contributed by atoms with Crippen LogP contribution in [0.3, 0.4) is 0 Å². The van der Waals surface area contributed by atoms with Crippen LogP contribution in [0.2, 0.25) is 0 Å². The topological polar surface area (TPSA) is 128 Å². The molecule has 6 aromatic heterocycles. The molecule has 0 aliphatic carbocycles. The Balaban J connectivity index is 1.41. The summed E-state index contributed by atoms with van der Waals surface area (Å²) < 4.78 is 0. The van der Waals surface area contributed by atoms with Crippen LogP contribution in [0.4, 0.5) is 5.69 Å². The molecule has 10 heteroatoms. The number of thiophene rings is 1. The predicted octanol–water partition coefficient (Wildman–Crippen LogP) is 5.38. The van der Waals surface area contributed by atoms with Crippen LogP contribution >= 0.6 is 11.3 Å². The first-order chi connectivity index (χ1) is 17.5. The van der Waals surface area contributed by atoms with E-state index in [1.807, 2.05) is 32.0 Å². The highest BCUT2D eigenvalue weighted by molar-refractivity contribution is 7.15. The minimum absolute atomic E-state index is 0.0727. The van der Waals surface area contributed by atoms with Crippen molar-refractivity contribution < 1.29 is 5.11 Å². The number of imidazole rings is 1. The lowest BCUT2D eigenvalue weighted by Gasteiger charge is -2.17. The Morgan fingerprint density at radius 2 is 1.89 bits per heavy atom. The van der Waals surface area contributed by atoms with Crippen molar-refractivity contribution in [3.05, 3.63) is 60.0 Å².